The lowest BCUT2D eigenvalue weighted by molar-refractivity contribution is 0.534. The van der Waals surface area contributed by atoms with Crippen LogP contribution in [0.2, 0.25) is 0 Å². The van der Waals surface area contributed by atoms with Crippen LogP contribution in [0.1, 0.15) is 19.9 Å². The van der Waals surface area contributed by atoms with Crippen molar-refractivity contribution < 1.29 is 12.6 Å². The van der Waals surface area contributed by atoms with Crippen LogP contribution >= 0.6 is 0 Å². The monoisotopic (exact) mass is 342 g/mol. The molecule has 0 aliphatic rings. The molecule has 120 valence electrons. The summed E-state index contributed by atoms with van der Waals surface area (Å²) in [6, 6.07) is 9.90. The summed E-state index contributed by atoms with van der Waals surface area (Å²) in [6.07, 6.45) is 2.94. The summed E-state index contributed by atoms with van der Waals surface area (Å²) in [7, 11) is -7.19. The fourth-order valence-corrected chi connectivity index (χ4v) is 4.76. The summed E-state index contributed by atoms with van der Waals surface area (Å²) in [5.41, 5.74) is 0. The molecule has 0 saturated heterocycles. The molecule has 1 heterocycles. The average molecular weight is 342 g/mol. The Bertz CT molecular complexity index is 864. The van der Waals surface area contributed by atoms with E-state index in [1.54, 1.807) is 41.2 Å². The van der Waals surface area contributed by atoms with Crippen molar-refractivity contribution in [2.24, 2.45) is 3.77 Å². The maximum Gasteiger partial charge on any atom is 0.351 e. The Morgan fingerprint density at radius 1 is 1.14 bits per heavy atom. The van der Waals surface area contributed by atoms with Crippen molar-refractivity contribution >= 4 is 25.8 Å². The van der Waals surface area contributed by atoms with Gasteiger partial charge in [-0.2, -0.15) is 13.5 Å². The van der Waals surface area contributed by atoms with Gasteiger partial charge >= 0.3 is 10.2 Å². The number of nitrogens with zero attached hydrogens (tertiary/aromatic N) is 3. The molecular weight excluding hydrogens is 324 g/mol. The smallest absolute Gasteiger partial charge is 0.268 e. The summed E-state index contributed by atoms with van der Waals surface area (Å²) in [6.45, 7) is 3.84. The van der Waals surface area contributed by atoms with Gasteiger partial charge in [0.1, 0.15) is 0 Å². The Morgan fingerprint density at radius 3 is 2.32 bits per heavy atom. The molecule has 1 atom stereocenters. The standard InChI is InChI=1S/C13H18N4O3S2/c1-11(2)17-10-9-13(14-17)15-22(19,20)16-21(3,18)12-7-5-4-6-8-12/h4-11H,1-3H3,(H,14,15). The Balaban J connectivity index is 2.30. The Morgan fingerprint density at radius 2 is 1.77 bits per heavy atom. The number of benzene rings is 1. The highest BCUT2D eigenvalue weighted by Crippen LogP contribution is 2.15. The first kappa shape index (κ1) is 16.5. The molecule has 0 spiro atoms. The summed E-state index contributed by atoms with van der Waals surface area (Å²) in [5.74, 6) is 0.140. The maximum atomic E-state index is 12.5. The Kier molecular flexibility index (Phi) is 4.57. The van der Waals surface area contributed by atoms with Gasteiger partial charge in [0.2, 0.25) is 0 Å². The molecule has 1 aromatic carbocycles. The van der Waals surface area contributed by atoms with Crippen molar-refractivity contribution in [1.82, 2.24) is 9.78 Å². The molecule has 1 N–H and O–H groups in total. The van der Waals surface area contributed by atoms with Gasteiger partial charge in [0.15, 0.2) is 5.82 Å². The van der Waals surface area contributed by atoms with E-state index < -0.39 is 19.9 Å². The zero-order valence-electron chi connectivity index (χ0n) is 12.5. The summed E-state index contributed by atoms with van der Waals surface area (Å²) in [5, 5.41) is 4.07. The van der Waals surface area contributed by atoms with Gasteiger partial charge < -0.3 is 0 Å². The molecule has 1 unspecified atom stereocenters. The molecule has 0 bridgehead atoms. The number of hydrogen-bond donors (Lipinski definition) is 1. The molecule has 0 fully saturated rings. The van der Waals surface area contributed by atoms with E-state index in [1.807, 2.05) is 13.8 Å². The van der Waals surface area contributed by atoms with Gasteiger partial charge in [-0.3, -0.25) is 4.68 Å². The molecule has 22 heavy (non-hydrogen) atoms. The lowest BCUT2D eigenvalue weighted by Crippen LogP contribution is -2.13. The SMILES string of the molecule is CC(C)n1ccc(NS(=O)(=O)N=S(C)(=O)c2ccccc2)n1. The van der Waals surface area contributed by atoms with Crippen LogP contribution in [-0.4, -0.2) is 28.7 Å². The molecule has 0 saturated carbocycles. The van der Waals surface area contributed by atoms with E-state index in [2.05, 4.69) is 13.6 Å². The second kappa shape index (κ2) is 6.09. The molecule has 0 radical (unpaired) electrons. The number of aromatic nitrogens is 2. The van der Waals surface area contributed by atoms with Crippen LogP contribution in [0.25, 0.3) is 0 Å². The minimum atomic E-state index is -4.13. The van der Waals surface area contributed by atoms with Gasteiger partial charge in [-0.25, -0.2) is 8.93 Å². The van der Waals surface area contributed by atoms with Gasteiger partial charge in [-0.15, -0.1) is 0 Å². The van der Waals surface area contributed by atoms with Gasteiger partial charge in [-0.05, 0) is 26.0 Å². The van der Waals surface area contributed by atoms with E-state index in [0.29, 0.717) is 4.90 Å². The first-order valence-electron chi connectivity index (χ1n) is 6.56. The van der Waals surface area contributed by atoms with Crippen molar-refractivity contribution in [3.8, 4) is 0 Å². The van der Waals surface area contributed by atoms with Crippen LogP contribution in [-0.2, 0) is 19.9 Å². The lowest BCUT2D eigenvalue weighted by Gasteiger charge is -2.06. The number of anilines is 1. The van der Waals surface area contributed by atoms with Crippen LogP contribution in [0.3, 0.4) is 0 Å². The number of rotatable bonds is 5. The van der Waals surface area contributed by atoms with Crippen molar-refractivity contribution in [2.75, 3.05) is 11.0 Å². The second-order valence-electron chi connectivity index (χ2n) is 5.04. The van der Waals surface area contributed by atoms with E-state index in [0.717, 1.165) is 0 Å². The lowest BCUT2D eigenvalue weighted by atomic mass is 10.4. The molecule has 9 heteroatoms. The van der Waals surface area contributed by atoms with Crippen molar-refractivity contribution in [3.05, 3.63) is 42.6 Å². The van der Waals surface area contributed by atoms with E-state index in [9.17, 15) is 12.6 Å². The normalized spacial score (nSPS) is 14.5. The second-order valence-corrected chi connectivity index (χ2v) is 8.87. The molecule has 2 aromatic rings. The van der Waals surface area contributed by atoms with Crippen molar-refractivity contribution in [3.63, 3.8) is 0 Å². The van der Waals surface area contributed by atoms with Crippen molar-refractivity contribution in [1.29, 1.82) is 0 Å². The minimum absolute atomic E-state index is 0.106. The predicted molar refractivity (Wildman–Crippen MR) is 86.4 cm³/mol. The van der Waals surface area contributed by atoms with Crippen molar-refractivity contribution in [2.45, 2.75) is 24.8 Å². The third-order valence-electron chi connectivity index (χ3n) is 2.79. The topological polar surface area (TPSA) is 93.4 Å². The number of hydrogen-bond acceptors (Lipinski definition) is 4. The van der Waals surface area contributed by atoms with Gasteiger partial charge in [-0.1, -0.05) is 22.0 Å². The highest BCUT2D eigenvalue weighted by Gasteiger charge is 2.16. The quantitative estimate of drug-likeness (QED) is 0.902. The van der Waals surface area contributed by atoms with E-state index in [1.165, 1.54) is 12.3 Å². The first-order valence-corrected chi connectivity index (χ1v) is 9.92. The summed E-state index contributed by atoms with van der Waals surface area (Å²) >= 11 is 0. The highest BCUT2D eigenvalue weighted by atomic mass is 32.3. The molecule has 0 amide bonds. The fraction of sp³-hybridized carbons (Fsp3) is 0.308. The van der Waals surface area contributed by atoms with Gasteiger partial charge in [0, 0.05) is 29.5 Å². The average Bonchev–Trinajstić information content (AvgIpc) is 2.86. The maximum absolute atomic E-state index is 12.5. The summed E-state index contributed by atoms with van der Waals surface area (Å²) in [4.78, 5) is 0.355. The molecule has 0 aliphatic carbocycles. The molecule has 2 rings (SSSR count). The largest absolute Gasteiger partial charge is 0.351 e. The Labute approximate surface area is 130 Å². The third kappa shape index (κ3) is 4.08. The summed E-state index contributed by atoms with van der Waals surface area (Å²) < 4.78 is 43.9. The highest BCUT2D eigenvalue weighted by molar-refractivity contribution is 8.03. The molecule has 0 aliphatic heterocycles. The van der Waals surface area contributed by atoms with Crippen LogP contribution < -0.4 is 4.72 Å². The molecule has 1 aromatic heterocycles. The fourth-order valence-electron chi connectivity index (χ4n) is 1.73. The van der Waals surface area contributed by atoms with Gasteiger partial charge in [0.25, 0.3) is 0 Å². The van der Waals surface area contributed by atoms with Crippen LogP contribution in [0.15, 0.2) is 51.3 Å². The van der Waals surface area contributed by atoms with Crippen LogP contribution in [0, 0.1) is 0 Å². The van der Waals surface area contributed by atoms with E-state index in [-0.39, 0.29) is 11.9 Å². The molecule has 7 nitrogen and oxygen atoms in total. The minimum Gasteiger partial charge on any atom is -0.268 e. The Hall–Kier alpha value is -1.87. The number of nitrogens with one attached hydrogen (secondary N) is 1. The van der Waals surface area contributed by atoms with E-state index >= 15 is 0 Å². The predicted octanol–water partition coefficient (Wildman–Crippen LogP) is 2.28. The third-order valence-corrected chi connectivity index (χ3v) is 6.33. The zero-order valence-corrected chi connectivity index (χ0v) is 14.1. The van der Waals surface area contributed by atoms with Crippen LogP contribution in [0.5, 0.6) is 0 Å². The first-order chi connectivity index (χ1) is 10.2. The molecular formula is C13H18N4O3S2. The van der Waals surface area contributed by atoms with E-state index in [4.69, 9.17) is 0 Å². The zero-order chi connectivity index (χ0) is 16.4. The van der Waals surface area contributed by atoms with Gasteiger partial charge in [0.05, 0.1) is 9.73 Å². The van der Waals surface area contributed by atoms with Crippen LogP contribution in [0.4, 0.5) is 5.82 Å².